The fourth-order valence-electron chi connectivity index (χ4n) is 1.02. The maximum absolute atomic E-state index is 12.4. The van der Waals surface area contributed by atoms with Crippen molar-refractivity contribution in [1.29, 1.82) is 0 Å². The van der Waals surface area contributed by atoms with Crippen LogP contribution in [0.4, 0.5) is 26.3 Å². The van der Waals surface area contributed by atoms with Crippen molar-refractivity contribution in [2.24, 2.45) is 0 Å². The fraction of sp³-hybridized carbons (Fsp3) is 0.375. The van der Waals surface area contributed by atoms with Gasteiger partial charge in [0.05, 0.1) is 0 Å². The predicted molar refractivity (Wildman–Crippen MR) is 61.3 cm³/mol. The molecule has 0 atom stereocenters. The van der Waals surface area contributed by atoms with E-state index in [-0.39, 0.29) is 10.9 Å². The molecule has 1 heterocycles. The van der Waals surface area contributed by atoms with Crippen molar-refractivity contribution in [3.8, 4) is 5.75 Å². The van der Waals surface area contributed by atoms with E-state index in [1.54, 1.807) is 0 Å². The number of halogens is 8. The van der Waals surface area contributed by atoms with Gasteiger partial charge in [0.2, 0.25) is 0 Å². The van der Waals surface area contributed by atoms with Gasteiger partial charge in [0.25, 0.3) is 0 Å². The van der Waals surface area contributed by atoms with Gasteiger partial charge in [-0.05, 0) is 28.7 Å². The SMILES string of the molecule is FC(F)(F)Oc1c(CBr)cc(C(F)(F)F)nc1I. The van der Waals surface area contributed by atoms with E-state index in [4.69, 9.17) is 0 Å². The molecule has 0 aromatic carbocycles. The van der Waals surface area contributed by atoms with Crippen LogP contribution in [0.2, 0.25) is 0 Å². The monoisotopic (exact) mass is 449 g/mol. The Morgan fingerprint density at radius 1 is 1.22 bits per heavy atom. The van der Waals surface area contributed by atoms with Crippen LogP contribution in [0.1, 0.15) is 11.3 Å². The molecular formula is C8H3BrF6INO. The van der Waals surface area contributed by atoms with Crippen molar-refractivity contribution in [3.63, 3.8) is 0 Å². The highest BCUT2D eigenvalue weighted by Gasteiger charge is 2.37. The summed E-state index contributed by atoms with van der Waals surface area (Å²) in [5, 5.41) is -0.222. The van der Waals surface area contributed by atoms with Crippen LogP contribution in [0.5, 0.6) is 5.75 Å². The van der Waals surface area contributed by atoms with E-state index in [1.165, 1.54) is 22.6 Å². The summed E-state index contributed by atoms with van der Waals surface area (Å²) in [6.45, 7) is 0. The van der Waals surface area contributed by atoms with E-state index in [0.717, 1.165) is 0 Å². The van der Waals surface area contributed by atoms with Gasteiger partial charge in [-0.15, -0.1) is 13.2 Å². The average molecular weight is 450 g/mol. The molecule has 18 heavy (non-hydrogen) atoms. The Bertz CT molecular complexity index is 446. The van der Waals surface area contributed by atoms with E-state index >= 15 is 0 Å². The van der Waals surface area contributed by atoms with E-state index in [9.17, 15) is 26.3 Å². The largest absolute Gasteiger partial charge is 0.573 e. The first-order chi connectivity index (χ1) is 8.04. The molecule has 0 saturated heterocycles. The molecule has 0 aliphatic carbocycles. The predicted octanol–water partition coefficient (Wildman–Crippen LogP) is 4.50. The molecule has 0 aliphatic rings. The van der Waals surface area contributed by atoms with Crippen LogP contribution in [0.25, 0.3) is 0 Å². The minimum Gasteiger partial charge on any atom is -0.403 e. The summed E-state index contributed by atoms with van der Waals surface area (Å²) in [5.74, 6) is -0.729. The highest BCUT2D eigenvalue weighted by atomic mass is 127. The zero-order chi connectivity index (χ0) is 14.1. The molecular weight excluding hydrogens is 447 g/mol. The van der Waals surface area contributed by atoms with Crippen molar-refractivity contribution < 1.29 is 31.1 Å². The third kappa shape index (κ3) is 4.14. The number of aromatic nitrogens is 1. The summed E-state index contributed by atoms with van der Waals surface area (Å²) < 4.78 is 76.6. The van der Waals surface area contributed by atoms with Crippen molar-refractivity contribution in [1.82, 2.24) is 4.98 Å². The summed E-state index contributed by atoms with van der Waals surface area (Å²) in [4.78, 5) is 3.05. The maximum atomic E-state index is 12.4. The van der Waals surface area contributed by atoms with Crippen molar-refractivity contribution in [3.05, 3.63) is 21.0 Å². The van der Waals surface area contributed by atoms with Crippen LogP contribution in [0.15, 0.2) is 6.07 Å². The van der Waals surface area contributed by atoms with E-state index in [2.05, 4.69) is 25.7 Å². The first kappa shape index (κ1) is 15.8. The Balaban J connectivity index is 3.29. The number of pyridine rings is 1. The molecule has 0 bridgehead atoms. The smallest absolute Gasteiger partial charge is 0.403 e. The van der Waals surface area contributed by atoms with Gasteiger partial charge in [0.1, 0.15) is 9.39 Å². The molecule has 0 fully saturated rings. The van der Waals surface area contributed by atoms with Gasteiger partial charge >= 0.3 is 12.5 Å². The molecule has 2 nitrogen and oxygen atoms in total. The van der Waals surface area contributed by atoms with E-state index in [0.29, 0.717) is 6.07 Å². The molecule has 0 N–H and O–H groups in total. The molecule has 10 heteroatoms. The Hall–Kier alpha value is -0.260. The third-order valence-electron chi connectivity index (χ3n) is 1.66. The summed E-state index contributed by atoms with van der Waals surface area (Å²) in [6, 6.07) is 0.512. The Labute approximate surface area is 119 Å². The van der Waals surface area contributed by atoms with Crippen LogP contribution in [-0.2, 0) is 11.5 Å². The molecule has 0 spiro atoms. The zero-order valence-corrected chi connectivity index (χ0v) is 11.9. The van der Waals surface area contributed by atoms with Gasteiger partial charge < -0.3 is 4.74 Å². The lowest BCUT2D eigenvalue weighted by molar-refractivity contribution is -0.275. The summed E-state index contributed by atoms with van der Waals surface area (Å²) in [6.07, 6.45) is -9.72. The summed E-state index contributed by atoms with van der Waals surface area (Å²) >= 11 is 4.06. The Morgan fingerprint density at radius 2 is 1.78 bits per heavy atom. The molecule has 0 unspecified atom stereocenters. The lowest BCUT2D eigenvalue weighted by Gasteiger charge is -2.15. The Kier molecular flexibility index (Phi) is 4.73. The van der Waals surface area contributed by atoms with Gasteiger partial charge in [-0.3, -0.25) is 0 Å². The van der Waals surface area contributed by atoms with Crippen LogP contribution in [0.3, 0.4) is 0 Å². The normalized spacial score (nSPS) is 12.7. The maximum Gasteiger partial charge on any atom is 0.573 e. The molecule has 102 valence electrons. The highest BCUT2D eigenvalue weighted by Crippen LogP contribution is 2.36. The topological polar surface area (TPSA) is 22.1 Å². The average Bonchev–Trinajstić information content (AvgIpc) is 2.17. The lowest BCUT2D eigenvalue weighted by Crippen LogP contribution is -2.20. The van der Waals surface area contributed by atoms with Crippen LogP contribution >= 0.6 is 38.5 Å². The second kappa shape index (κ2) is 5.39. The fourth-order valence-corrected chi connectivity index (χ4v) is 2.15. The highest BCUT2D eigenvalue weighted by molar-refractivity contribution is 14.1. The summed E-state index contributed by atoms with van der Waals surface area (Å²) in [7, 11) is 0. The zero-order valence-electron chi connectivity index (χ0n) is 8.16. The minimum absolute atomic E-state index is 0.222. The summed E-state index contributed by atoms with van der Waals surface area (Å²) in [5.41, 5.74) is -1.55. The van der Waals surface area contributed by atoms with Gasteiger partial charge in [0, 0.05) is 10.9 Å². The van der Waals surface area contributed by atoms with Crippen LogP contribution in [0, 0.1) is 3.70 Å². The number of nitrogens with zero attached hydrogens (tertiary/aromatic N) is 1. The number of hydrogen-bond acceptors (Lipinski definition) is 2. The van der Waals surface area contributed by atoms with Crippen molar-refractivity contribution in [2.75, 3.05) is 0 Å². The molecule has 1 aromatic heterocycles. The lowest BCUT2D eigenvalue weighted by atomic mass is 10.2. The van der Waals surface area contributed by atoms with E-state index in [1.807, 2.05) is 0 Å². The van der Waals surface area contributed by atoms with Gasteiger partial charge in [0.15, 0.2) is 5.75 Å². The van der Waals surface area contributed by atoms with Crippen LogP contribution < -0.4 is 4.74 Å². The van der Waals surface area contributed by atoms with E-state index < -0.39 is 27.7 Å². The Morgan fingerprint density at radius 3 is 2.17 bits per heavy atom. The molecule has 0 aliphatic heterocycles. The second-order valence-electron chi connectivity index (χ2n) is 2.97. The van der Waals surface area contributed by atoms with Gasteiger partial charge in [-0.1, -0.05) is 15.9 Å². The second-order valence-corrected chi connectivity index (χ2v) is 4.55. The molecule has 0 amide bonds. The molecule has 0 saturated carbocycles. The quantitative estimate of drug-likeness (QED) is 0.287. The number of alkyl halides is 7. The van der Waals surface area contributed by atoms with Crippen molar-refractivity contribution >= 4 is 38.5 Å². The standard InChI is InChI=1S/C8H3BrF6INO/c9-2-3-1-4(7(10,11)12)17-6(16)5(3)18-8(13,14)15/h1H,2H2. The molecule has 1 aromatic rings. The first-order valence-corrected chi connectivity index (χ1v) is 6.33. The van der Waals surface area contributed by atoms with Crippen molar-refractivity contribution in [2.45, 2.75) is 17.9 Å². The third-order valence-corrected chi connectivity index (χ3v) is 3.00. The van der Waals surface area contributed by atoms with Crippen LogP contribution in [-0.4, -0.2) is 11.3 Å². The number of ether oxygens (including phenoxy) is 1. The number of hydrogen-bond donors (Lipinski definition) is 0. The first-order valence-electron chi connectivity index (χ1n) is 4.13. The van der Waals surface area contributed by atoms with Gasteiger partial charge in [-0.2, -0.15) is 13.2 Å². The molecule has 1 rings (SSSR count). The minimum atomic E-state index is -4.99. The van der Waals surface area contributed by atoms with Gasteiger partial charge in [-0.25, -0.2) is 4.98 Å². The number of rotatable bonds is 2. The molecule has 0 radical (unpaired) electrons.